The van der Waals surface area contributed by atoms with Gasteiger partial charge in [-0.3, -0.25) is 10.1 Å². The lowest BCUT2D eigenvalue weighted by atomic mass is 10.2. The van der Waals surface area contributed by atoms with E-state index >= 15 is 0 Å². The van der Waals surface area contributed by atoms with Crippen LogP contribution in [-0.4, -0.2) is 17.3 Å². The number of nitrogens with zero attached hydrogens (tertiary/aromatic N) is 1. The number of rotatable bonds is 7. The van der Waals surface area contributed by atoms with Crippen molar-refractivity contribution in [3.8, 4) is 5.75 Å². The smallest absolute Gasteiger partial charge is 0.313 e. The average Bonchev–Trinajstić information content (AvgIpc) is 2.29. The fourth-order valence-corrected chi connectivity index (χ4v) is 1.41. The lowest BCUT2D eigenvalue weighted by Crippen LogP contribution is -2.02. The van der Waals surface area contributed by atoms with E-state index in [-0.39, 0.29) is 23.8 Å². The van der Waals surface area contributed by atoms with Crippen molar-refractivity contribution in [1.29, 1.82) is 0 Å². The SMILES string of the molecule is CC(=O)CCCCOc1ccc(F)cc1[N+](=O)[O-]. The number of hydrogen-bond acceptors (Lipinski definition) is 4. The van der Waals surface area contributed by atoms with Crippen LogP contribution >= 0.6 is 0 Å². The molecule has 0 spiro atoms. The highest BCUT2D eigenvalue weighted by Gasteiger charge is 2.15. The number of hydrogen-bond donors (Lipinski definition) is 0. The fourth-order valence-electron chi connectivity index (χ4n) is 1.41. The maximum Gasteiger partial charge on any atom is 0.313 e. The molecule has 0 unspecified atom stereocenters. The summed E-state index contributed by atoms with van der Waals surface area (Å²) < 4.78 is 18.1. The van der Waals surface area contributed by atoms with Crippen molar-refractivity contribution in [2.75, 3.05) is 6.61 Å². The van der Waals surface area contributed by atoms with Crippen molar-refractivity contribution in [3.63, 3.8) is 0 Å². The first-order chi connectivity index (χ1) is 8.50. The van der Waals surface area contributed by atoms with Crippen molar-refractivity contribution in [1.82, 2.24) is 0 Å². The Labute approximate surface area is 104 Å². The molecule has 1 aromatic carbocycles. The van der Waals surface area contributed by atoms with Gasteiger partial charge in [-0.2, -0.15) is 0 Å². The van der Waals surface area contributed by atoms with Gasteiger partial charge in [0, 0.05) is 6.42 Å². The van der Waals surface area contributed by atoms with E-state index < -0.39 is 10.7 Å². The van der Waals surface area contributed by atoms with Gasteiger partial charge in [0.15, 0.2) is 5.75 Å². The Kier molecular flexibility index (Phi) is 5.23. The largest absolute Gasteiger partial charge is 0.487 e. The minimum atomic E-state index is -0.687. The molecule has 1 aromatic rings. The second kappa shape index (κ2) is 6.68. The summed E-state index contributed by atoms with van der Waals surface area (Å²) in [5.74, 6) is -0.530. The van der Waals surface area contributed by atoms with E-state index in [1.165, 1.54) is 13.0 Å². The highest BCUT2D eigenvalue weighted by atomic mass is 19.1. The van der Waals surface area contributed by atoms with Crippen molar-refractivity contribution >= 4 is 11.5 Å². The molecular formula is C12H14FNO4. The van der Waals surface area contributed by atoms with Crippen LogP contribution in [0.2, 0.25) is 0 Å². The Morgan fingerprint density at radius 3 is 2.78 bits per heavy atom. The molecule has 0 saturated heterocycles. The minimum Gasteiger partial charge on any atom is -0.487 e. The number of halogens is 1. The predicted octanol–water partition coefficient (Wildman–Crippen LogP) is 2.87. The number of nitro benzene ring substituents is 1. The van der Waals surface area contributed by atoms with Crippen LogP contribution in [0.5, 0.6) is 5.75 Å². The van der Waals surface area contributed by atoms with Gasteiger partial charge in [0.25, 0.3) is 0 Å². The first-order valence-corrected chi connectivity index (χ1v) is 5.57. The lowest BCUT2D eigenvalue weighted by molar-refractivity contribution is -0.386. The van der Waals surface area contributed by atoms with Crippen LogP contribution in [0.4, 0.5) is 10.1 Å². The third-order valence-electron chi connectivity index (χ3n) is 2.30. The van der Waals surface area contributed by atoms with Gasteiger partial charge in [-0.1, -0.05) is 0 Å². The maximum atomic E-state index is 12.8. The van der Waals surface area contributed by atoms with Gasteiger partial charge in [-0.25, -0.2) is 4.39 Å². The van der Waals surface area contributed by atoms with Gasteiger partial charge in [0.2, 0.25) is 0 Å². The molecule has 6 heteroatoms. The van der Waals surface area contributed by atoms with E-state index in [0.717, 1.165) is 12.1 Å². The Bertz CT molecular complexity index is 448. The molecule has 5 nitrogen and oxygen atoms in total. The Hall–Kier alpha value is -1.98. The average molecular weight is 255 g/mol. The molecule has 18 heavy (non-hydrogen) atoms. The summed E-state index contributed by atoms with van der Waals surface area (Å²) in [5.41, 5.74) is -0.387. The fraction of sp³-hybridized carbons (Fsp3) is 0.417. The molecule has 0 aliphatic rings. The van der Waals surface area contributed by atoms with Crippen LogP contribution in [0.1, 0.15) is 26.2 Å². The molecule has 1 rings (SSSR count). The third-order valence-corrected chi connectivity index (χ3v) is 2.30. The zero-order valence-electron chi connectivity index (χ0n) is 10.0. The van der Waals surface area contributed by atoms with Crippen molar-refractivity contribution in [2.24, 2.45) is 0 Å². The second-order valence-corrected chi connectivity index (χ2v) is 3.88. The molecule has 0 fully saturated rings. The van der Waals surface area contributed by atoms with E-state index in [2.05, 4.69) is 0 Å². The number of Topliss-reactive ketones (excluding diaryl/α,β-unsaturated/α-hetero) is 1. The first kappa shape index (κ1) is 14.1. The number of carbonyl (C=O) groups is 1. The van der Waals surface area contributed by atoms with Crippen LogP contribution in [0, 0.1) is 15.9 Å². The van der Waals surface area contributed by atoms with Gasteiger partial charge >= 0.3 is 5.69 Å². The molecule has 0 N–H and O–H groups in total. The highest BCUT2D eigenvalue weighted by Crippen LogP contribution is 2.27. The molecule has 0 aromatic heterocycles. The molecule has 0 saturated carbocycles. The molecule has 0 heterocycles. The zero-order chi connectivity index (χ0) is 13.5. The van der Waals surface area contributed by atoms with E-state index in [4.69, 9.17) is 4.74 Å². The van der Waals surface area contributed by atoms with E-state index in [1.807, 2.05) is 0 Å². The molecule has 0 radical (unpaired) electrons. The van der Waals surface area contributed by atoms with Crippen molar-refractivity contribution < 1.29 is 18.8 Å². The predicted molar refractivity (Wildman–Crippen MR) is 63.1 cm³/mol. The number of ether oxygens (including phenoxy) is 1. The summed E-state index contributed by atoms with van der Waals surface area (Å²) in [6.45, 7) is 1.77. The summed E-state index contributed by atoms with van der Waals surface area (Å²) in [6, 6.07) is 3.17. The lowest BCUT2D eigenvalue weighted by Gasteiger charge is -2.06. The minimum absolute atomic E-state index is 0.0456. The van der Waals surface area contributed by atoms with Gasteiger partial charge in [0.05, 0.1) is 17.6 Å². The second-order valence-electron chi connectivity index (χ2n) is 3.88. The summed E-state index contributed by atoms with van der Waals surface area (Å²) in [6.07, 6.45) is 1.76. The quantitative estimate of drug-likeness (QED) is 0.426. The topological polar surface area (TPSA) is 69.4 Å². The molecule has 0 aliphatic heterocycles. The molecule has 98 valence electrons. The monoisotopic (exact) mass is 255 g/mol. The van der Waals surface area contributed by atoms with Gasteiger partial charge in [-0.05, 0) is 31.9 Å². The zero-order valence-corrected chi connectivity index (χ0v) is 10.0. The van der Waals surface area contributed by atoms with Crippen LogP contribution in [-0.2, 0) is 4.79 Å². The molecule has 0 atom stereocenters. The number of ketones is 1. The number of benzene rings is 1. The van der Waals surface area contributed by atoms with Crippen LogP contribution in [0.15, 0.2) is 18.2 Å². The number of nitro groups is 1. The Morgan fingerprint density at radius 2 is 2.17 bits per heavy atom. The summed E-state index contributed by atoms with van der Waals surface area (Å²) in [5, 5.41) is 10.7. The van der Waals surface area contributed by atoms with E-state index in [0.29, 0.717) is 19.3 Å². The number of carbonyl (C=O) groups excluding carboxylic acids is 1. The Balaban J connectivity index is 2.51. The van der Waals surface area contributed by atoms with Crippen LogP contribution in [0.25, 0.3) is 0 Å². The van der Waals surface area contributed by atoms with Crippen LogP contribution in [0.3, 0.4) is 0 Å². The highest BCUT2D eigenvalue weighted by molar-refractivity contribution is 5.75. The summed E-state index contributed by atoms with van der Waals surface area (Å²) in [7, 11) is 0. The van der Waals surface area contributed by atoms with Crippen molar-refractivity contribution in [3.05, 3.63) is 34.1 Å². The normalized spacial score (nSPS) is 10.1. The summed E-state index contributed by atoms with van der Waals surface area (Å²) in [4.78, 5) is 20.7. The van der Waals surface area contributed by atoms with Gasteiger partial charge in [0.1, 0.15) is 11.6 Å². The van der Waals surface area contributed by atoms with Gasteiger partial charge in [-0.15, -0.1) is 0 Å². The molecule has 0 amide bonds. The maximum absolute atomic E-state index is 12.8. The van der Waals surface area contributed by atoms with E-state index in [1.54, 1.807) is 0 Å². The number of unbranched alkanes of at least 4 members (excludes halogenated alkanes) is 1. The Morgan fingerprint density at radius 1 is 1.44 bits per heavy atom. The van der Waals surface area contributed by atoms with Gasteiger partial charge < -0.3 is 9.53 Å². The third kappa shape index (κ3) is 4.48. The first-order valence-electron chi connectivity index (χ1n) is 5.57. The van der Waals surface area contributed by atoms with E-state index in [9.17, 15) is 19.3 Å². The molecule has 0 bridgehead atoms. The van der Waals surface area contributed by atoms with Crippen molar-refractivity contribution in [2.45, 2.75) is 26.2 Å². The standard InChI is InChI=1S/C12H14FNO4/c1-9(15)4-2-3-7-18-12-6-5-10(13)8-11(12)14(16)17/h5-6,8H,2-4,7H2,1H3. The summed E-state index contributed by atoms with van der Waals surface area (Å²) >= 11 is 0. The molecule has 0 aliphatic carbocycles. The van der Waals surface area contributed by atoms with Crippen LogP contribution < -0.4 is 4.74 Å². The molecular weight excluding hydrogens is 241 g/mol.